The number of aromatic nitrogens is 3. The minimum Gasteiger partial charge on any atom is -0.454 e. The number of halogens is 2. The van der Waals surface area contributed by atoms with E-state index in [1.54, 1.807) is 11.0 Å². The number of hydrogen-bond acceptors (Lipinski definition) is 4. The molecular weight excluding hydrogens is 391 g/mol. The second kappa shape index (κ2) is 5.84. The van der Waals surface area contributed by atoms with Crippen molar-refractivity contribution in [3.63, 3.8) is 0 Å². The standard InChI is InChI=1S/C13H10ClIN4O/c14-10-2-1-3-11(13(10)19-8-16-7-18-19)17-6-9-4-5-12(15)20-9/h1-5,7-8,17H,6H2. The van der Waals surface area contributed by atoms with Gasteiger partial charge in [-0.15, -0.1) is 0 Å². The molecule has 0 bridgehead atoms. The highest BCUT2D eigenvalue weighted by molar-refractivity contribution is 14.1. The number of hydrogen-bond donors (Lipinski definition) is 1. The zero-order chi connectivity index (χ0) is 13.9. The van der Waals surface area contributed by atoms with Crippen molar-refractivity contribution in [1.82, 2.24) is 14.8 Å². The van der Waals surface area contributed by atoms with Crippen molar-refractivity contribution >= 4 is 39.9 Å². The topological polar surface area (TPSA) is 55.9 Å². The Labute approximate surface area is 134 Å². The maximum absolute atomic E-state index is 6.25. The first kappa shape index (κ1) is 13.4. The molecule has 0 spiro atoms. The van der Waals surface area contributed by atoms with Crippen LogP contribution in [0.25, 0.3) is 5.69 Å². The molecule has 20 heavy (non-hydrogen) atoms. The number of rotatable bonds is 4. The highest BCUT2D eigenvalue weighted by Crippen LogP contribution is 2.28. The fraction of sp³-hybridized carbons (Fsp3) is 0.0769. The molecule has 0 unspecified atom stereocenters. The summed E-state index contributed by atoms with van der Waals surface area (Å²) in [7, 11) is 0. The van der Waals surface area contributed by atoms with Gasteiger partial charge in [-0.25, -0.2) is 9.67 Å². The van der Waals surface area contributed by atoms with E-state index in [0.29, 0.717) is 11.6 Å². The van der Waals surface area contributed by atoms with Crippen molar-refractivity contribution in [2.24, 2.45) is 0 Å². The van der Waals surface area contributed by atoms with E-state index in [0.717, 1.165) is 20.9 Å². The van der Waals surface area contributed by atoms with Gasteiger partial charge in [-0.1, -0.05) is 17.7 Å². The first-order valence-electron chi connectivity index (χ1n) is 5.85. The molecule has 0 saturated carbocycles. The zero-order valence-corrected chi connectivity index (χ0v) is 13.2. The molecular formula is C13H10ClIN4O. The van der Waals surface area contributed by atoms with Crippen molar-refractivity contribution in [2.75, 3.05) is 5.32 Å². The molecule has 0 aliphatic heterocycles. The van der Waals surface area contributed by atoms with Gasteiger partial charge in [-0.2, -0.15) is 5.10 Å². The minimum atomic E-state index is 0.574. The number of para-hydroxylation sites is 1. The van der Waals surface area contributed by atoms with Gasteiger partial charge >= 0.3 is 0 Å². The Morgan fingerprint density at radius 1 is 1.30 bits per heavy atom. The molecule has 0 aliphatic carbocycles. The van der Waals surface area contributed by atoms with Gasteiger partial charge < -0.3 is 9.73 Å². The molecule has 0 amide bonds. The number of anilines is 1. The Morgan fingerprint density at radius 3 is 2.90 bits per heavy atom. The number of nitrogens with one attached hydrogen (secondary N) is 1. The second-order valence-corrected chi connectivity index (χ2v) is 5.51. The quantitative estimate of drug-likeness (QED) is 0.678. The van der Waals surface area contributed by atoms with Crippen LogP contribution in [0.3, 0.4) is 0 Å². The molecule has 0 atom stereocenters. The SMILES string of the molecule is Clc1cccc(NCc2ccc(I)o2)c1-n1cncn1. The molecule has 3 rings (SSSR count). The van der Waals surface area contributed by atoms with Crippen molar-refractivity contribution in [2.45, 2.75) is 6.54 Å². The molecule has 3 aromatic rings. The van der Waals surface area contributed by atoms with Crippen LogP contribution >= 0.6 is 34.2 Å². The Balaban J connectivity index is 1.88. The summed E-state index contributed by atoms with van der Waals surface area (Å²) < 4.78 is 8.02. The second-order valence-electron chi connectivity index (χ2n) is 4.04. The van der Waals surface area contributed by atoms with Gasteiger partial charge in [0.05, 0.1) is 17.3 Å². The van der Waals surface area contributed by atoms with Crippen molar-refractivity contribution < 1.29 is 4.42 Å². The van der Waals surface area contributed by atoms with Crippen LogP contribution in [-0.2, 0) is 6.54 Å². The lowest BCUT2D eigenvalue weighted by molar-refractivity contribution is 0.493. The highest BCUT2D eigenvalue weighted by Gasteiger charge is 2.10. The van der Waals surface area contributed by atoms with E-state index in [9.17, 15) is 0 Å². The molecule has 7 heteroatoms. The van der Waals surface area contributed by atoms with E-state index in [2.05, 4.69) is 38.0 Å². The summed E-state index contributed by atoms with van der Waals surface area (Å²) >= 11 is 8.39. The third-order valence-corrected chi connectivity index (χ3v) is 3.60. The van der Waals surface area contributed by atoms with Crippen LogP contribution in [0.2, 0.25) is 5.02 Å². The van der Waals surface area contributed by atoms with E-state index >= 15 is 0 Å². The Morgan fingerprint density at radius 2 is 2.20 bits per heavy atom. The predicted octanol–water partition coefficient (Wildman–Crippen LogP) is 3.73. The molecule has 2 aromatic heterocycles. The van der Waals surface area contributed by atoms with Crippen molar-refractivity contribution in [3.05, 3.63) is 57.5 Å². The van der Waals surface area contributed by atoms with E-state index in [1.807, 2.05) is 30.3 Å². The molecule has 2 heterocycles. The van der Waals surface area contributed by atoms with Crippen LogP contribution in [0.1, 0.15) is 5.76 Å². The monoisotopic (exact) mass is 400 g/mol. The molecule has 0 radical (unpaired) electrons. The van der Waals surface area contributed by atoms with Gasteiger partial charge in [0.1, 0.15) is 24.1 Å². The summed E-state index contributed by atoms with van der Waals surface area (Å²) in [5.41, 5.74) is 1.64. The summed E-state index contributed by atoms with van der Waals surface area (Å²) in [6.45, 7) is 0.574. The zero-order valence-electron chi connectivity index (χ0n) is 10.3. The average Bonchev–Trinajstić information content (AvgIpc) is 3.08. The minimum absolute atomic E-state index is 0.574. The Kier molecular flexibility index (Phi) is 3.93. The summed E-state index contributed by atoms with van der Waals surface area (Å²) in [5, 5.41) is 8.03. The normalized spacial score (nSPS) is 10.7. The molecule has 1 N–H and O–H groups in total. The van der Waals surface area contributed by atoms with Crippen molar-refractivity contribution in [1.29, 1.82) is 0 Å². The van der Waals surface area contributed by atoms with Gasteiger partial charge in [0.15, 0.2) is 3.77 Å². The van der Waals surface area contributed by atoms with Gasteiger partial charge in [0.2, 0.25) is 0 Å². The summed E-state index contributed by atoms with van der Waals surface area (Å²) in [6, 6.07) is 9.51. The van der Waals surface area contributed by atoms with Crippen molar-refractivity contribution in [3.8, 4) is 5.69 Å². The number of furan rings is 1. The average molecular weight is 401 g/mol. The smallest absolute Gasteiger partial charge is 0.164 e. The van der Waals surface area contributed by atoms with Crippen LogP contribution in [0, 0.1) is 3.77 Å². The fourth-order valence-electron chi connectivity index (χ4n) is 1.84. The maximum atomic E-state index is 6.25. The van der Waals surface area contributed by atoms with Gasteiger partial charge in [0.25, 0.3) is 0 Å². The third kappa shape index (κ3) is 2.80. The fourth-order valence-corrected chi connectivity index (χ4v) is 2.57. The largest absolute Gasteiger partial charge is 0.454 e. The lowest BCUT2D eigenvalue weighted by atomic mass is 10.2. The van der Waals surface area contributed by atoms with E-state index in [1.165, 1.54) is 6.33 Å². The van der Waals surface area contributed by atoms with Gasteiger partial charge in [-0.3, -0.25) is 0 Å². The number of nitrogens with zero attached hydrogens (tertiary/aromatic N) is 3. The Bertz CT molecular complexity index is 711. The van der Waals surface area contributed by atoms with E-state index < -0.39 is 0 Å². The molecule has 0 fully saturated rings. The van der Waals surface area contributed by atoms with Crippen LogP contribution in [0.15, 0.2) is 47.4 Å². The van der Waals surface area contributed by atoms with E-state index in [-0.39, 0.29) is 0 Å². The predicted molar refractivity (Wildman–Crippen MR) is 85.1 cm³/mol. The molecule has 102 valence electrons. The first-order chi connectivity index (χ1) is 9.74. The van der Waals surface area contributed by atoms with Crippen LogP contribution in [-0.4, -0.2) is 14.8 Å². The summed E-state index contributed by atoms with van der Waals surface area (Å²) in [6.07, 6.45) is 3.09. The lowest BCUT2D eigenvalue weighted by Crippen LogP contribution is -2.05. The van der Waals surface area contributed by atoms with Gasteiger partial charge in [-0.05, 0) is 46.9 Å². The highest BCUT2D eigenvalue weighted by atomic mass is 127. The number of benzene rings is 1. The summed E-state index contributed by atoms with van der Waals surface area (Å²) in [5.74, 6) is 0.860. The van der Waals surface area contributed by atoms with Crippen LogP contribution in [0.5, 0.6) is 0 Å². The van der Waals surface area contributed by atoms with E-state index in [4.69, 9.17) is 16.0 Å². The Hall–Kier alpha value is -1.54. The van der Waals surface area contributed by atoms with Gasteiger partial charge in [0, 0.05) is 0 Å². The third-order valence-electron chi connectivity index (χ3n) is 2.72. The molecule has 5 nitrogen and oxygen atoms in total. The summed E-state index contributed by atoms with van der Waals surface area (Å²) in [4.78, 5) is 3.95. The van der Waals surface area contributed by atoms with Crippen LogP contribution < -0.4 is 5.32 Å². The molecule has 0 aliphatic rings. The molecule has 1 aromatic carbocycles. The lowest BCUT2D eigenvalue weighted by Gasteiger charge is -2.12. The molecule has 0 saturated heterocycles. The van der Waals surface area contributed by atoms with Crippen LogP contribution in [0.4, 0.5) is 5.69 Å². The first-order valence-corrected chi connectivity index (χ1v) is 7.31. The maximum Gasteiger partial charge on any atom is 0.164 e.